The van der Waals surface area contributed by atoms with Crippen molar-refractivity contribution in [1.29, 1.82) is 0 Å². The van der Waals surface area contributed by atoms with Crippen molar-refractivity contribution >= 4 is 55.7 Å². The fourth-order valence-corrected chi connectivity index (χ4v) is 2.83. The Morgan fingerprint density at radius 2 is 2.00 bits per heavy atom. The summed E-state index contributed by atoms with van der Waals surface area (Å²) in [6.45, 7) is 0. The number of hydrogen-bond acceptors (Lipinski definition) is 5. The molecule has 2 N–H and O–H groups in total. The Kier molecular flexibility index (Phi) is 5.27. The summed E-state index contributed by atoms with van der Waals surface area (Å²) in [7, 11) is 3.05. The third-order valence-corrected chi connectivity index (χ3v) is 4.07. The number of nitrogens with one attached hydrogen (secondary N) is 2. The van der Waals surface area contributed by atoms with Crippen LogP contribution in [0, 0.1) is 0 Å². The molecule has 0 aliphatic carbocycles. The maximum absolute atomic E-state index is 11.9. The number of ether oxygens (including phenoxy) is 2. The quantitative estimate of drug-likeness (QED) is 0.817. The molecule has 0 saturated heterocycles. The van der Waals surface area contributed by atoms with Crippen molar-refractivity contribution in [2.75, 3.05) is 24.9 Å². The summed E-state index contributed by atoms with van der Waals surface area (Å²) in [5.41, 5.74) is 0.491. The van der Waals surface area contributed by atoms with Gasteiger partial charge < -0.3 is 14.8 Å². The van der Waals surface area contributed by atoms with E-state index in [0.29, 0.717) is 31.1 Å². The maximum atomic E-state index is 11.9. The second-order valence-electron chi connectivity index (χ2n) is 3.74. The number of thiazole rings is 1. The van der Waals surface area contributed by atoms with Crippen LogP contribution >= 0.6 is 38.9 Å². The molecule has 0 unspecified atom stereocenters. The van der Waals surface area contributed by atoms with Gasteiger partial charge in [-0.25, -0.2) is 9.78 Å². The average Bonchev–Trinajstić information content (AvgIpc) is 2.84. The summed E-state index contributed by atoms with van der Waals surface area (Å²) in [5, 5.41) is 5.66. The molecular weight excluding hydrogens is 382 g/mol. The standard InChI is InChI=1S/C12H11BrClN3O3S/c1-19-8-4-9(20-2)7(3-6(8)13)16-11(18)17-12-15-5-10(14)21-12/h3-5H,1-2H3,(H2,15,16,17,18). The third-order valence-electron chi connectivity index (χ3n) is 2.42. The van der Waals surface area contributed by atoms with Gasteiger partial charge in [0.1, 0.15) is 15.8 Å². The van der Waals surface area contributed by atoms with Crippen molar-refractivity contribution in [2.45, 2.75) is 0 Å². The van der Waals surface area contributed by atoms with E-state index in [4.69, 9.17) is 21.1 Å². The number of aromatic nitrogens is 1. The van der Waals surface area contributed by atoms with E-state index < -0.39 is 6.03 Å². The molecule has 1 aromatic carbocycles. The highest BCUT2D eigenvalue weighted by Crippen LogP contribution is 2.36. The first-order chi connectivity index (χ1) is 10.0. The summed E-state index contributed by atoms with van der Waals surface area (Å²) in [6.07, 6.45) is 1.46. The Balaban J connectivity index is 2.14. The van der Waals surface area contributed by atoms with Crippen molar-refractivity contribution < 1.29 is 14.3 Å². The monoisotopic (exact) mass is 391 g/mol. The van der Waals surface area contributed by atoms with Crippen LogP contribution in [0.5, 0.6) is 11.5 Å². The summed E-state index contributed by atoms with van der Waals surface area (Å²) >= 11 is 10.3. The minimum Gasteiger partial charge on any atom is -0.495 e. The van der Waals surface area contributed by atoms with Crippen molar-refractivity contribution in [3.05, 3.63) is 27.1 Å². The second-order valence-corrected chi connectivity index (χ2v) is 6.25. The fraction of sp³-hybridized carbons (Fsp3) is 0.167. The van der Waals surface area contributed by atoms with Gasteiger partial charge in [0.05, 0.1) is 30.6 Å². The number of benzene rings is 1. The van der Waals surface area contributed by atoms with Crippen molar-refractivity contribution in [3.8, 4) is 11.5 Å². The van der Waals surface area contributed by atoms with Crippen molar-refractivity contribution in [1.82, 2.24) is 4.98 Å². The first kappa shape index (κ1) is 15.9. The Hall–Kier alpha value is -1.51. The SMILES string of the molecule is COc1cc(OC)c(NC(=O)Nc2ncc(Cl)s2)cc1Br. The lowest BCUT2D eigenvalue weighted by molar-refractivity contribution is 0.262. The molecule has 0 spiro atoms. The molecule has 1 heterocycles. The van der Waals surface area contributed by atoms with E-state index in [1.54, 1.807) is 19.2 Å². The number of rotatable bonds is 4. The molecule has 0 saturated carbocycles. The van der Waals surface area contributed by atoms with Crippen LogP contribution in [-0.2, 0) is 0 Å². The summed E-state index contributed by atoms with van der Waals surface area (Å²) in [6, 6.07) is 2.91. The number of anilines is 2. The molecule has 0 fully saturated rings. The Labute approximate surface area is 138 Å². The van der Waals surface area contributed by atoms with E-state index in [1.165, 1.54) is 24.6 Å². The van der Waals surface area contributed by atoms with E-state index in [9.17, 15) is 4.79 Å². The molecule has 0 radical (unpaired) electrons. The molecule has 0 bridgehead atoms. The van der Waals surface area contributed by atoms with Crippen LogP contribution < -0.4 is 20.1 Å². The van der Waals surface area contributed by atoms with Gasteiger partial charge >= 0.3 is 6.03 Å². The number of carbonyl (C=O) groups excluding carboxylic acids is 1. The predicted octanol–water partition coefficient (Wildman–Crippen LogP) is 4.22. The number of amides is 2. The lowest BCUT2D eigenvalue weighted by Crippen LogP contribution is -2.19. The van der Waals surface area contributed by atoms with E-state index >= 15 is 0 Å². The number of carbonyl (C=O) groups is 1. The van der Waals surface area contributed by atoms with E-state index in [0.717, 1.165) is 0 Å². The van der Waals surface area contributed by atoms with Crippen molar-refractivity contribution in [3.63, 3.8) is 0 Å². The largest absolute Gasteiger partial charge is 0.495 e. The Morgan fingerprint density at radius 1 is 1.29 bits per heavy atom. The highest BCUT2D eigenvalue weighted by molar-refractivity contribution is 9.10. The maximum Gasteiger partial charge on any atom is 0.325 e. The average molecular weight is 393 g/mol. The van der Waals surface area contributed by atoms with Gasteiger partial charge in [0, 0.05) is 6.07 Å². The van der Waals surface area contributed by atoms with Gasteiger partial charge in [-0.15, -0.1) is 0 Å². The molecule has 2 aromatic rings. The van der Waals surface area contributed by atoms with Crippen LogP contribution in [0.25, 0.3) is 0 Å². The first-order valence-electron chi connectivity index (χ1n) is 5.64. The smallest absolute Gasteiger partial charge is 0.325 e. The normalized spacial score (nSPS) is 10.1. The number of nitrogens with zero attached hydrogens (tertiary/aromatic N) is 1. The minimum atomic E-state index is -0.448. The molecule has 1 aromatic heterocycles. The van der Waals surface area contributed by atoms with E-state index in [2.05, 4.69) is 31.5 Å². The van der Waals surface area contributed by atoms with Crippen LogP contribution in [0.3, 0.4) is 0 Å². The zero-order valence-corrected chi connectivity index (χ0v) is 14.2. The molecule has 0 aliphatic rings. The fourth-order valence-electron chi connectivity index (χ4n) is 1.52. The molecule has 0 atom stereocenters. The number of hydrogen-bond donors (Lipinski definition) is 2. The van der Waals surface area contributed by atoms with Crippen LogP contribution in [0.15, 0.2) is 22.8 Å². The van der Waals surface area contributed by atoms with E-state index in [-0.39, 0.29) is 0 Å². The summed E-state index contributed by atoms with van der Waals surface area (Å²) in [5.74, 6) is 1.08. The van der Waals surface area contributed by atoms with Crippen LogP contribution in [0.1, 0.15) is 0 Å². The molecule has 21 heavy (non-hydrogen) atoms. The van der Waals surface area contributed by atoms with Gasteiger partial charge in [0.15, 0.2) is 5.13 Å². The molecular formula is C12H11BrClN3O3S. The van der Waals surface area contributed by atoms with Gasteiger partial charge in [-0.05, 0) is 22.0 Å². The number of methoxy groups -OCH3 is 2. The lowest BCUT2D eigenvalue weighted by atomic mass is 10.2. The Bertz CT molecular complexity index is 665. The van der Waals surface area contributed by atoms with Crippen LogP contribution in [0.4, 0.5) is 15.6 Å². The molecule has 9 heteroatoms. The minimum absolute atomic E-state index is 0.407. The zero-order chi connectivity index (χ0) is 15.4. The third kappa shape index (κ3) is 3.99. The summed E-state index contributed by atoms with van der Waals surface area (Å²) < 4.78 is 11.6. The van der Waals surface area contributed by atoms with Gasteiger partial charge in [-0.1, -0.05) is 22.9 Å². The van der Waals surface area contributed by atoms with Gasteiger partial charge in [0.25, 0.3) is 0 Å². The van der Waals surface area contributed by atoms with Crippen LogP contribution in [0.2, 0.25) is 4.34 Å². The van der Waals surface area contributed by atoms with Gasteiger partial charge in [-0.3, -0.25) is 5.32 Å². The van der Waals surface area contributed by atoms with Crippen LogP contribution in [-0.4, -0.2) is 25.2 Å². The van der Waals surface area contributed by atoms with E-state index in [1.807, 2.05) is 0 Å². The lowest BCUT2D eigenvalue weighted by Gasteiger charge is -2.13. The molecule has 112 valence electrons. The highest BCUT2D eigenvalue weighted by Gasteiger charge is 2.13. The zero-order valence-electron chi connectivity index (χ0n) is 11.1. The molecule has 6 nitrogen and oxygen atoms in total. The molecule has 0 aliphatic heterocycles. The highest BCUT2D eigenvalue weighted by atomic mass is 79.9. The number of urea groups is 1. The molecule has 2 rings (SSSR count). The van der Waals surface area contributed by atoms with Crippen molar-refractivity contribution in [2.24, 2.45) is 0 Å². The number of halogens is 2. The first-order valence-corrected chi connectivity index (χ1v) is 7.63. The summed E-state index contributed by atoms with van der Waals surface area (Å²) in [4.78, 5) is 15.9. The predicted molar refractivity (Wildman–Crippen MR) is 87.0 cm³/mol. The Morgan fingerprint density at radius 3 is 2.57 bits per heavy atom. The van der Waals surface area contributed by atoms with Gasteiger partial charge in [-0.2, -0.15) is 0 Å². The second kappa shape index (κ2) is 6.97. The van der Waals surface area contributed by atoms with Gasteiger partial charge in [0.2, 0.25) is 0 Å². The topological polar surface area (TPSA) is 72.5 Å². The molecule has 2 amide bonds.